The Morgan fingerprint density at radius 2 is 2.37 bits per heavy atom. The minimum atomic E-state index is -0.368. The smallest absolute Gasteiger partial charge is 0.259 e. The maximum Gasteiger partial charge on any atom is 0.259 e. The Kier molecular flexibility index (Phi) is 8.40. The van der Waals surface area contributed by atoms with Gasteiger partial charge in [-0.2, -0.15) is 0 Å². The number of nitro groups is 1. The monoisotopic (exact) mass is 397 g/mol. The lowest BCUT2D eigenvalue weighted by atomic mass is 9.84. The van der Waals surface area contributed by atoms with E-state index in [9.17, 15) is 10.1 Å². The summed E-state index contributed by atoms with van der Waals surface area (Å²) in [6.45, 7) is 0.737. The number of hydrogen-bond donors (Lipinski definition) is 3. The zero-order chi connectivity index (χ0) is 19.6. The van der Waals surface area contributed by atoms with Crippen molar-refractivity contribution in [1.29, 1.82) is 0 Å². The maximum absolute atomic E-state index is 10.7. The van der Waals surface area contributed by atoms with Crippen molar-refractivity contribution in [2.24, 2.45) is 15.7 Å². The van der Waals surface area contributed by atoms with E-state index in [2.05, 4.69) is 25.6 Å². The molecule has 2 rings (SSSR count). The number of guanidine groups is 1. The van der Waals surface area contributed by atoms with E-state index in [1.54, 1.807) is 14.2 Å². The summed E-state index contributed by atoms with van der Waals surface area (Å²) < 4.78 is 4.94. The first-order valence-corrected chi connectivity index (χ1v) is 9.75. The van der Waals surface area contributed by atoms with Gasteiger partial charge in [-0.25, -0.2) is 4.98 Å². The highest BCUT2D eigenvalue weighted by Gasteiger charge is 2.26. The highest BCUT2D eigenvalue weighted by atomic mass is 32.1. The molecule has 0 amide bonds. The van der Waals surface area contributed by atoms with E-state index >= 15 is 0 Å². The van der Waals surface area contributed by atoms with Crippen LogP contribution in [0.3, 0.4) is 0 Å². The molecule has 10 nitrogen and oxygen atoms in total. The molecule has 11 heteroatoms. The van der Waals surface area contributed by atoms with Crippen LogP contribution in [0.15, 0.2) is 15.4 Å². The highest BCUT2D eigenvalue weighted by Crippen LogP contribution is 2.34. The molecule has 0 radical (unpaired) electrons. The minimum Gasteiger partial charge on any atom is -0.383 e. The molecule has 1 aromatic heterocycles. The van der Waals surface area contributed by atoms with Gasteiger partial charge in [-0.15, -0.1) is 11.3 Å². The number of hydrogen-bond acceptors (Lipinski definition) is 7. The van der Waals surface area contributed by atoms with Crippen LogP contribution >= 0.6 is 11.3 Å². The molecule has 1 saturated carbocycles. The van der Waals surface area contributed by atoms with Crippen molar-refractivity contribution in [3.63, 3.8) is 0 Å². The van der Waals surface area contributed by atoms with Crippen LogP contribution in [-0.2, 0) is 4.74 Å². The first kappa shape index (κ1) is 21.0. The first-order chi connectivity index (χ1) is 13.0. The van der Waals surface area contributed by atoms with Gasteiger partial charge in [0, 0.05) is 36.4 Å². The van der Waals surface area contributed by atoms with E-state index in [4.69, 9.17) is 10.5 Å². The third kappa shape index (κ3) is 7.10. The van der Waals surface area contributed by atoms with Gasteiger partial charge < -0.3 is 21.1 Å². The molecule has 2 unspecified atom stereocenters. The average Bonchev–Trinajstić information content (AvgIpc) is 3.09. The number of nitrogens with one attached hydrogen (secondary N) is 2. The number of ether oxygens (including phenoxy) is 1. The van der Waals surface area contributed by atoms with Crippen LogP contribution < -0.4 is 16.4 Å². The fraction of sp³-hybridized carbons (Fsp3) is 0.688. The van der Waals surface area contributed by atoms with Crippen LogP contribution in [0, 0.1) is 10.1 Å². The van der Waals surface area contributed by atoms with Crippen molar-refractivity contribution in [2.75, 3.05) is 39.2 Å². The Hall–Kier alpha value is -2.27. The Bertz CT molecular complexity index is 677. The first-order valence-electron chi connectivity index (χ1n) is 8.87. The molecule has 1 aromatic rings. The zero-order valence-corrected chi connectivity index (χ0v) is 16.5. The largest absolute Gasteiger partial charge is 0.383 e. The molecule has 4 N–H and O–H groups in total. The Balaban J connectivity index is 1.91. The summed E-state index contributed by atoms with van der Waals surface area (Å²) in [5.74, 6) is 1.05. The molecule has 0 aromatic carbocycles. The second-order valence-electron chi connectivity index (χ2n) is 6.33. The molecule has 27 heavy (non-hydrogen) atoms. The summed E-state index contributed by atoms with van der Waals surface area (Å²) >= 11 is 1.49. The SMILES string of the molecule is CN=C(C[N+](=O)[O-])NC1CCCC(c2csc(NC(N)=NCCOC)n2)C1. The summed E-state index contributed by atoms with van der Waals surface area (Å²) in [5.41, 5.74) is 6.85. The molecule has 1 aliphatic rings. The average molecular weight is 398 g/mol. The number of amidine groups is 1. The topological polar surface area (TPSA) is 140 Å². The fourth-order valence-corrected chi connectivity index (χ4v) is 3.87. The molecule has 0 spiro atoms. The fourth-order valence-electron chi connectivity index (χ4n) is 3.07. The van der Waals surface area contributed by atoms with E-state index in [0.717, 1.165) is 31.4 Å². The van der Waals surface area contributed by atoms with Gasteiger partial charge >= 0.3 is 0 Å². The summed E-state index contributed by atoms with van der Waals surface area (Å²) in [5, 5.41) is 19.7. The van der Waals surface area contributed by atoms with E-state index in [0.29, 0.717) is 36.0 Å². The lowest BCUT2D eigenvalue weighted by Gasteiger charge is -2.29. The van der Waals surface area contributed by atoms with Crippen LogP contribution in [0.25, 0.3) is 0 Å². The van der Waals surface area contributed by atoms with E-state index in [1.165, 1.54) is 11.3 Å². The van der Waals surface area contributed by atoms with Crippen LogP contribution in [0.5, 0.6) is 0 Å². The van der Waals surface area contributed by atoms with Crippen molar-refractivity contribution >= 4 is 28.3 Å². The number of aliphatic imine (C=N–C) groups is 2. The summed E-state index contributed by atoms with van der Waals surface area (Å²) in [6, 6.07) is 0.168. The maximum atomic E-state index is 10.7. The van der Waals surface area contributed by atoms with Crippen molar-refractivity contribution in [3.8, 4) is 0 Å². The van der Waals surface area contributed by atoms with E-state index in [-0.39, 0.29) is 17.5 Å². The van der Waals surface area contributed by atoms with Gasteiger partial charge in [-0.1, -0.05) is 6.42 Å². The van der Waals surface area contributed by atoms with Crippen LogP contribution in [0.1, 0.15) is 37.3 Å². The predicted molar refractivity (Wildman–Crippen MR) is 107 cm³/mol. The Morgan fingerprint density at radius 1 is 1.56 bits per heavy atom. The number of nitrogens with two attached hydrogens (primary N) is 1. The molecule has 1 heterocycles. The minimum absolute atomic E-state index is 0.168. The van der Waals surface area contributed by atoms with Crippen molar-refractivity contribution in [1.82, 2.24) is 10.3 Å². The molecule has 0 aliphatic heterocycles. The number of rotatable bonds is 8. The van der Waals surface area contributed by atoms with Crippen LogP contribution in [-0.4, -0.2) is 61.6 Å². The molecular formula is C16H27N7O3S. The van der Waals surface area contributed by atoms with Crippen LogP contribution in [0.2, 0.25) is 0 Å². The third-order valence-corrected chi connectivity index (χ3v) is 5.12. The molecule has 1 fully saturated rings. The molecular weight excluding hydrogens is 370 g/mol. The molecule has 150 valence electrons. The second kappa shape index (κ2) is 10.8. The van der Waals surface area contributed by atoms with Gasteiger partial charge in [0.15, 0.2) is 16.9 Å². The van der Waals surface area contributed by atoms with Gasteiger partial charge in [0.1, 0.15) is 0 Å². The number of thiazole rings is 1. The van der Waals surface area contributed by atoms with Crippen molar-refractivity contribution in [3.05, 3.63) is 21.2 Å². The second-order valence-corrected chi connectivity index (χ2v) is 7.19. The third-order valence-electron chi connectivity index (χ3n) is 4.35. The molecule has 2 atom stereocenters. The van der Waals surface area contributed by atoms with E-state index in [1.807, 2.05) is 5.38 Å². The molecule has 0 bridgehead atoms. The lowest BCUT2D eigenvalue weighted by molar-refractivity contribution is -0.463. The lowest BCUT2D eigenvalue weighted by Crippen LogP contribution is -2.41. The predicted octanol–water partition coefficient (Wildman–Crippen LogP) is 1.44. The molecule has 0 saturated heterocycles. The number of nitrogens with zero attached hydrogens (tertiary/aromatic N) is 4. The quantitative estimate of drug-likeness (QED) is 0.198. The summed E-state index contributed by atoms with van der Waals surface area (Å²) in [7, 11) is 3.19. The molecule has 1 aliphatic carbocycles. The van der Waals surface area contributed by atoms with Gasteiger partial charge in [0.05, 0.1) is 18.8 Å². The Morgan fingerprint density at radius 3 is 3.07 bits per heavy atom. The van der Waals surface area contributed by atoms with E-state index < -0.39 is 0 Å². The number of aromatic nitrogens is 1. The number of anilines is 1. The van der Waals surface area contributed by atoms with Gasteiger partial charge in [0.25, 0.3) is 6.54 Å². The highest BCUT2D eigenvalue weighted by molar-refractivity contribution is 7.13. The van der Waals surface area contributed by atoms with Crippen molar-refractivity contribution in [2.45, 2.75) is 37.6 Å². The normalized spacial score (nSPS) is 21.1. The standard InChI is InChI=1S/C16H27N7O3S/c1-18-14(9-23(24)25)20-12-5-3-4-11(8-12)13-10-27-16(21-13)22-15(17)19-6-7-26-2/h10-12H,3-9H2,1-2H3,(H,18,20)(H3,17,19,21,22). The van der Waals surface area contributed by atoms with Gasteiger partial charge in [-0.3, -0.25) is 20.1 Å². The number of methoxy groups -OCH3 is 1. The van der Waals surface area contributed by atoms with Crippen LogP contribution in [0.4, 0.5) is 5.13 Å². The summed E-state index contributed by atoms with van der Waals surface area (Å²) in [4.78, 5) is 23.1. The van der Waals surface area contributed by atoms with Gasteiger partial charge in [0.2, 0.25) is 0 Å². The van der Waals surface area contributed by atoms with Crippen molar-refractivity contribution < 1.29 is 9.66 Å². The summed E-state index contributed by atoms with van der Waals surface area (Å²) in [6.07, 6.45) is 3.93. The Labute approximate surface area is 162 Å². The van der Waals surface area contributed by atoms with Gasteiger partial charge in [-0.05, 0) is 19.3 Å². The zero-order valence-electron chi connectivity index (χ0n) is 15.7.